The van der Waals surface area contributed by atoms with Gasteiger partial charge in [0.05, 0.1) is 5.52 Å². The number of aryl methyl sites for hydroxylation is 4. The van der Waals surface area contributed by atoms with Crippen molar-refractivity contribution in [2.24, 2.45) is 5.73 Å². The van der Waals surface area contributed by atoms with Gasteiger partial charge in [-0.15, -0.1) is 0 Å². The minimum atomic E-state index is 0. The van der Waals surface area contributed by atoms with Crippen LogP contribution in [0.3, 0.4) is 0 Å². The first kappa shape index (κ1) is 24.6. The zero-order valence-electron chi connectivity index (χ0n) is 18.7. The summed E-state index contributed by atoms with van der Waals surface area (Å²) in [7, 11) is 0. The van der Waals surface area contributed by atoms with Crippen molar-refractivity contribution in [2.45, 2.75) is 59.4 Å². The van der Waals surface area contributed by atoms with Gasteiger partial charge in [0.2, 0.25) is 0 Å². The molecule has 168 valence electrons. The summed E-state index contributed by atoms with van der Waals surface area (Å²) in [5, 5.41) is 0.406. The van der Waals surface area contributed by atoms with Crippen LogP contribution in [0.1, 0.15) is 49.7 Å². The molecule has 0 spiro atoms. The highest BCUT2D eigenvalue weighted by atomic mass is 32.1. The standard InChI is InChI=1S/C23H32N6S.H2O/c1-4-5-13-19-27-20-21(16(2)17(3)26-22(20)24)29(19)15-10-9-14-28(23(25)30)18-11-7-6-8-12-18;/h6-8,11-12H,4-5,9-10,13-15H2,1-3H3,(H2,24,26)(H2,25,30);1H2. The average molecular weight is 443 g/mol. The van der Waals surface area contributed by atoms with Crippen LogP contribution in [0.5, 0.6) is 0 Å². The number of benzene rings is 1. The summed E-state index contributed by atoms with van der Waals surface area (Å²) in [6, 6.07) is 10.1. The number of nitrogens with two attached hydrogens (primary N) is 2. The molecule has 0 aliphatic carbocycles. The van der Waals surface area contributed by atoms with Crippen molar-refractivity contribution in [3.63, 3.8) is 0 Å². The van der Waals surface area contributed by atoms with E-state index in [4.69, 9.17) is 28.7 Å². The molecule has 0 fully saturated rings. The molecule has 0 saturated carbocycles. The molecule has 0 aliphatic heterocycles. The number of thiocarbonyl (C=S) groups is 1. The molecule has 0 bridgehead atoms. The van der Waals surface area contributed by atoms with Crippen molar-refractivity contribution < 1.29 is 5.48 Å². The maximum absolute atomic E-state index is 6.21. The van der Waals surface area contributed by atoms with Crippen molar-refractivity contribution in [3.8, 4) is 0 Å². The van der Waals surface area contributed by atoms with Crippen molar-refractivity contribution in [1.82, 2.24) is 14.5 Å². The number of nitrogen functional groups attached to an aromatic ring is 1. The molecular formula is C23H34N6OS. The first-order chi connectivity index (χ1) is 14.4. The lowest BCUT2D eigenvalue weighted by Gasteiger charge is -2.23. The molecule has 2 heterocycles. The third-order valence-corrected chi connectivity index (χ3v) is 5.80. The molecule has 0 atom stereocenters. The average Bonchev–Trinajstić information content (AvgIpc) is 3.10. The van der Waals surface area contributed by atoms with Crippen LogP contribution in [0.2, 0.25) is 0 Å². The minimum absolute atomic E-state index is 0. The van der Waals surface area contributed by atoms with E-state index in [9.17, 15) is 0 Å². The smallest absolute Gasteiger partial charge is 0.170 e. The second-order valence-corrected chi connectivity index (χ2v) is 8.14. The molecule has 0 unspecified atom stereocenters. The molecule has 3 rings (SSSR count). The van der Waals surface area contributed by atoms with E-state index in [1.807, 2.05) is 42.2 Å². The van der Waals surface area contributed by atoms with Gasteiger partial charge in [0.25, 0.3) is 0 Å². The lowest BCUT2D eigenvalue weighted by atomic mass is 10.2. The van der Waals surface area contributed by atoms with Crippen LogP contribution >= 0.6 is 12.2 Å². The topological polar surface area (TPSA) is 117 Å². The fourth-order valence-corrected chi connectivity index (χ4v) is 4.02. The lowest BCUT2D eigenvalue weighted by Crippen LogP contribution is -2.36. The van der Waals surface area contributed by atoms with Crippen LogP contribution in [0.25, 0.3) is 11.0 Å². The van der Waals surface area contributed by atoms with E-state index >= 15 is 0 Å². The van der Waals surface area contributed by atoms with Crippen LogP contribution in [0.15, 0.2) is 30.3 Å². The Morgan fingerprint density at radius 3 is 2.45 bits per heavy atom. The van der Waals surface area contributed by atoms with Crippen molar-refractivity contribution in [2.75, 3.05) is 17.2 Å². The molecule has 31 heavy (non-hydrogen) atoms. The Labute approximate surface area is 189 Å². The van der Waals surface area contributed by atoms with Gasteiger partial charge in [0, 0.05) is 30.9 Å². The van der Waals surface area contributed by atoms with Crippen LogP contribution in [0, 0.1) is 13.8 Å². The predicted molar refractivity (Wildman–Crippen MR) is 133 cm³/mol. The molecule has 8 heteroatoms. The van der Waals surface area contributed by atoms with E-state index in [2.05, 4.69) is 23.4 Å². The Morgan fingerprint density at radius 2 is 1.81 bits per heavy atom. The van der Waals surface area contributed by atoms with E-state index < -0.39 is 0 Å². The van der Waals surface area contributed by atoms with E-state index in [0.717, 1.165) is 79.0 Å². The number of imidazole rings is 1. The third kappa shape index (κ3) is 5.51. The minimum Gasteiger partial charge on any atom is -0.412 e. The zero-order chi connectivity index (χ0) is 21.7. The summed E-state index contributed by atoms with van der Waals surface area (Å²) in [6.07, 6.45) is 5.16. The van der Waals surface area contributed by atoms with Gasteiger partial charge in [-0.1, -0.05) is 31.5 Å². The van der Waals surface area contributed by atoms with Gasteiger partial charge in [-0.2, -0.15) is 0 Å². The van der Waals surface area contributed by atoms with Gasteiger partial charge < -0.3 is 26.4 Å². The number of nitrogens with zero attached hydrogens (tertiary/aromatic N) is 4. The van der Waals surface area contributed by atoms with Gasteiger partial charge in [-0.3, -0.25) is 0 Å². The monoisotopic (exact) mass is 442 g/mol. The number of aromatic nitrogens is 3. The largest absolute Gasteiger partial charge is 0.412 e. The lowest BCUT2D eigenvalue weighted by molar-refractivity contribution is 0.591. The second-order valence-electron chi connectivity index (χ2n) is 7.72. The fraction of sp³-hybridized carbons (Fsp3) is 0.435. The fourth-order valence-electron chi connectivity index (χ4n) is 3.83. The Morgan fingerprint density at radius 1 is 1.10 bits per heavy atom. The maximum atomic E-state index is 6.21. The van der Waals surface area contributed by atoms with Crippen molar-refractivity contribution in [1.29, 1.82) is 0 Å². The summed E-state index contributed by atoms with van der Waals surface area (Å²) >= 11 is 5.27. The summed E-state index contributed by atoms with van der Waals surface area (Å²) in [6.45, 7) is 7.99. The van der Waals surface area contributed by atoms with E-state index in [1.165, 1.54) is 0 Å². The number of unbranched alkanes of at least 4 members (excludes halogenated alkanes) is 2. The van der Waals surface area contributed by atoms with Gasteiger partial charge in [-0.05, 0) is 63.0 Å². The van der Waals surface area contributed by atoms with Crippen LogP contribution < -0.4 is 16.4 Å². The number of pyridine rings is 1. The number of hydrogen-bond acceptors (Lipinski definition) is 4. The van der Waals surface area contributed by atoms with Crippen molar-refractivity contribution in [3.05, 3.63) is 47.4 Å². The van der Waals surface area contributed by atoms with Gasteiger partial charge >= 0.3 is 0 Å². The van der Waals surface area contributed by atoms with Crippen LogP contribution in [-0.4, -0.2) is 31.7 Å². The Kier molecular flexibility index (Phi) is 8.76. The van der Waals surface area contributed by atoms with Gasteiger partial charge in [0.15, 0.2) is 10.9 Å². The molecule has 0 saturated heterocycles. The molecule has 1 aromatic carbocycles. The highest BCUT2D eigenvalue weighted by Crippen LogP contribution is 2.27. The number of hydrogen-bond donors (Lipinski definition) is 2. The second kappa shape index (κ2) is 11.1. The molecule has 7 nitrogen and oxygen atoms in total. The molecule has 0 amide bonds. The zero-order valence-corrected chi connectivity index (χ0v) is 19.5. The van der Waals surface area contributed by atoms with Crippen LogP contribution in [-0.2, 0) is 13.0 Å². The molecule has 3 aromatic rings. The molecule has 0 radical (unpaired) electrons. The highest BCUT2D eigenvalue weighted by Gasteiger charge is 2.17. The first-order valence-corrected chi connectivity index (χ1v) is 11.1. The van der Waals surface area contributed by atoms with Gasteiger partial charge in [0.1, 0.15) is 11.3 Å². The maximum Gasteiger partial charge on any atom is 0.170 e. The molecule has 0 aliphatic rings. The molecular weight excluding hydrogens is 408 g/mol. The summed E-state index contributed by atoms with van der Waals surface area (Å²) < 4.78 is 2.35. The Balaban J connectivity index is 0.00000341. The first-order valence-electron chi connectivity index (χ1n) is 10.7. The van der Waals surface area contributed by atoms with E-state index in [-0.39, 0.29) is 5.48 Å². The molecule has 6 N–H and O–H groups in total. The molecule has 2 aromatic heterocycles. The summed E-state index contributed by atoms with van der Waals surface area (Å²) in [5.41, 5.74) is 17.3. The summed E-state index contributed by atoms with van der Waals surface area (Å²) in [5.74, 6) is 1.62. The van der Waals surface area contributed by atoms with E-state index in [1.54, 1.807) is 0 Å². The highest BCUT2D eigenvalue weighted by molar-refractivity contribution is 7.80. The van der Waals surface area contributed by atoms with Gasteiger partial charge in [-0.25, -0.2) is 9.97 Å². The summed E-state index contributed by atoms with van der Waals surface area (Å²) in [4.78, 5) is 11.3. The predicted octanol–water partition coefficient (Wildman–Crippen LogP) is 3.68. The number of anilines is 2. The number of fused-ring (bicyclic) bond motifs is 1. The third-order valence-electron chi connectivity index (χ3n) is 5.58. The van der Waals surface area contributed by atoms with Crippen LogP contribution in [0.4, 0.5) is 11.5 Å². The Hall–Kier alpha value is -2.71. The number of para-hydroxylation sites is 1. The normalized spacial score (nSPS) is 10.8. The SMILES string of the molecule is CCCCc1nc2c(N)nc(C)c(C)c2n1CCCCN(C(N)=S)c1ccccc1.O. The van der Waals surface area contributed by atoms with E-state index in [0.29, 0.717) is 10.9 Å². The van der Waals surface area contributed by atoms with Crippen molar-refractivity contribution >= 4 is 39.9 Å². The number of rotatable bonds is 9. The Bertz CT molecular complexity index is 1020. The quantitative estimate of drug-likeness (QED) is 0.385.